The first-order valence-corrected chi connectivity index (χ1v) is 4.65. The second-order valence-electron chi connectivity index (χ2n) is 2.05. The second-order valence-corrected chi connectivity index (χ2v) is 4.34. The Morgan fingerprint density at radius 3 is 1.11 bits per heavy atom. The number of rotatable bonds is 0. The number of ketones is 1. The standard InChI is InChI=1S/C3H6O.C2H6O2S/c1-3(2)4;1-5(2,3)4/h1-2H3;1-2H3. The summed E-state index contributed by atoms with van der Waals surface area (Å²) in [5.74, 6) is 0.167. The number of hydrogen-bond donors (Lipinski definition) is 0. The Morgan fingerprint density at radius 2 is 1.11 bits per heavy atom. The Balaban J connectivity index is 0. The molecule has 0 aliphatic rings. The molecule has 4 heteroatoms. The topological polar surface area (TPSA) is 51.2 Å². The smallest absolute Gasteiger partial charge is 0.144 e. The minimum Gasteiger partial charge on any atom is -0.300 e. The first-order valence-electron chi connectivity index (χ1n) is 2.35. The summed E-state index contributed by atoms with van der Waals surface area (Å²) in [5.41, 5.74) is 0. The fourth-order valence-corrected chi connectivity index (χ4v) is 0. The molecule has 0 amide bonds. The van der Waals surface area contributed by atoms with E-state index in [2.05, 4.69) is 0 Å². The molecular weight excluding hydrogens is 140 g/mol. The van der Waals surface area contributed by atoms with Gasteiger partial charge >= 0.3 is 0 Å². The summed E-state index contributed by atoms with van der Waals surface area (Å²) in [6.45, 7) is 3.06. The molecule has 0 heterocycles. The van der Waals surface area contributed by atoms with Gasteiger partial charge in [-0.1, -0.05) is 0 Å². The summed E-state index contributed by atoms with van der Waals surface area (Å²) in [7, 11) is -2.67. The zero-order valence-corrected chi connectivity index (χ0v) is 6.95. The molecule has 0 N–H and O–H groups in total. The summed E-state index contributed by atoms with van der Waals surface area (Å²) in [4.78, 5) is 9.44. The van der Waals surface area contributed by atoms with Gasteiger partial charge in [-0.3, -0.25) is 0 Å². The van der Waals surface area contributed by atoms with Gasteiger partial charge in [0, 0.05) is 12.5 Å². The molecule has 56 valence electrons. The van der Waals surface area contributed by atoms with Crippen LogP contribution in [0.1, 0.15) is 13.8 Å². The molecule has 0 spiro atoms. The highest BCUT2D eigenvalue weighted by atomic mass is 32.2. The van der Waals surface area contributed by atoms with Crippen LogP contribution in [0.2, 0.25) is 0 Å². The molecule has 0 fully saturated rings. The highest BCUT2D eigenvalue weighted by molar-refractivity contribution is 7.89. The lowest BCUT2D eigenvalue weighted by Crippen LogP contribution is -1.86. The van der Waals surface area contributed by atoms with Gasteiger partial charge < -0.3 is 4.79 Å². The van der Waals surface area contributed by atoms with Gasteiger partial charge in [0.2, 0.25) is 0 Å². The highest BCUT2D eigenvalue weighted by Crippen LogP contribution is 1.61. The maximum atomic E-state index is 9.63. The van der Waals surface area contributed by atoms with Crippen molar-refractivity contribution in [1.29, 1.82) is 0 Å². The van der Waals surface area contributed by atoms with Gasteiger partial charge in [0.05, 0.1) is 0 Å². The third kappa shape index (κ3) is 1670. The van der Waals surface area contributed by atoms with Crippen molar-refractivity contribution in [1.82, 2.24) is 0 Å². The molecule has 3 nitrogen and oxygen atoms in total. The Hall–Kier alpha value is -0.380. The van der Waals surface area contributed by atoms with Crippen LogP contribution in [0, 0.1) is 0 Å². The molecule has 0 unspecified atom stereocenters. The first kappa shape index (κ1) is 11.4. The van der Waals surface area contributed by atoms with Crippen LogP contribution in [0.25, 0.3) is 0 Å². The maximum absolute atomic E-state index is 9.63. The molecule has 9 heavy (non-hydrogen) atoms. The van der Waals surface area contributed by atoms with Crippen LogP contribution < -0.4 is 0 Å². The molecule has 0 bridgehead atoms. The maximum Gasteiger partial charge on any atom is 0.144 e. The van der Waals surface area contributed by atoms with E-state index in [0.717, 1.165) is 12.5 Å². The number of carbonyl (C=O) groups is 1. The lowest BCUT2D eigenvalue weighted by Gasteiger charge is -1.69. The fourth-order valence-electron chi connectivity index (χ4n) is 0. The van der Waals surface area contributed by atoms with Crippen LogP contribution in [0.5, 0.6) is 0 Å². The van der Waals surface area contributed by atoms with Gasteiger partial charge in [0.1, 0.15) is 15.6 Å². The van der Waals surface area contributed by atoms with E-state index in [1.807, 2.05) is 0 Å². The fraction of sp³-hybridized carbons (Fsp3) is 0.800. The van der Waals surface area contributed by atoms with E-state index in [9.17, 15) is 13.2 Å². The minimum absolute atomic E-state index is 0.167. The van der Waals surface area contributed by atoms with Crippen molar-refractivity contribution < 1.29 is 13.2 Å². The molecule has 0 aliphatic heterocycles. The summed E-state index contributed by atoms with van der Waals surface area (Å²) in [6.07, 6.45) is 2.32. The van der Waals surface area contributed by atoms with E-state index < -0.39 is 9.84 Å². The predicted molar refractivity (Wildman–Crippen MR) is 37.1 cm³/mol. The third-order valence-corrected chi connectivity index (χ3v) is 0. The predicted octanol–water partition coefficient (Wildman–Crippen LogP) is 0.256. The molecule has 0 radical (unpaired) electrons. The second kappa shape index (κ2) is 4.49. The first-order chi connectivity index (χ1) is 3.73. The summed E-state index contributed by atoms with van der Waals surface area (Å²) in [6, 6.07) is 0. The van der Waals surface area contributed by atoms with Crippen molar-refractivity contribution >= 4 is 15.6 Å². The van der Waals surface area contributed by atoms with Crippen molar-refractivity contribution in [3.63, 3.8) is 0 Å². The van der Waals surface area contributed by atoms with Crippen LogP contribution in [0.4, 0.5) is 0 Å². The van der Waals surface area contributed by atoms with Crippen LogP contribution in [-0.2, 0) is 14.6 Å². The van der Waals surface area contributed by atoms with Gasteiger partial charge in [0.15, 0.2) is 0 Å². The Morgan fingerprint density at radius 1 is 1.11 bits per heavy atom. The van der Waals surface area contributed by atoms with E-state index in [1.165, 1.54) is 13.8 Å². The van der Waals surface area contributed by atoms with E-state index in [0.29, 0.717) is 0 Å². The van der Waals surface area contributed by atoms with Crippen molar-refractivity contribution in [3.05, 3.63) is 0 Å². The van der Waals surface area contributed by atoms with Gasteiger partial charge in [0.25, 0.3) is 0 Å². The van der Waals surface area contributed by atoms with Gasteiger partial charge in [-0.25, -0.2) is 8.42 Å². The average Bonchev–Trinajstić information content (AvgIpc) is 1.19. The Labute approximate surface area is 56.0 Å². The average molecular weight is 152 g/mol. The summed E-state index contributed by atoms with van der Waals surface area (Å²) in [5, 5.41) is 0. The van der Waals surface area contributed by atoms with Gasteiger partial charge in [-0.15, -0.1) is 0 Å². The Kier molecular flexibility index (Phi) is 5.70. The van der Waals surface area contributed by atoms with Crippen LogP contribution in [0.15, 0.2) is 0 Å². The Bertz CT molecular complexity index is 155. The van der Waals surface area contributed by atoms with E-state index in [-0.39, 0.29) is 5.78 Å². The summed E-state index contributed by atoms with van der Waals surface area (Å²) >= 11 is 0. The molecule has 0 aromatic rings. The van der Waals surface area contributed by atoms with Crippen molar-refractivity contribution in [2.45, 2.75) is 13.8 Å². The number of carbonyl (C=O) groups excluding carboxylic acids is 1. The normalized spacial score (nSPS) is 9.33. The highest BCUT2D eigenvalue weighted by Gasteiger charge is 1.79. The molecule has 0 rings (SSSR count). The lowest BCUT2D eigenvalue weighted by molar-refractivity contribution is -0.114. The number of hydrogen-bond acceptors (Lipinski definition) is 3. The van der Waals surface area contributed by atoms with Crippen LogP contribution in [-0.4, -0.2) is 26.7 Å². The number of Topliss-reactive ketones (excluding diaryl/α,β-unsaturated/α-hetero) is 1. The SMILES string of the molecule is CC(C)=O.CS(C)(=O)=O. The lowest BCUT2D eigenvalue weighted by atomic mass is 10.6. The molecule has 0 aromatic carbocycles. The monoisotopic (exact) mass is 152 g/mol. The molecular formula is C5H12O3S. The van der Waals surface area contributed by atoms with E-state index in [4.69, 9.17) is 0 Å². The van der Waals surface area contributed by atoms with E-state index in [1.54, 1.807) is 0 Å². The number of sulfone groups is 1. The summed E-state index contributed by atoms with van der Waals surface area (Å²) < 4.78 is 19.3. The molecule has 0 atom stereocenters. The van der Waals surface area contributed by atoms with Gasteiger partial charge in [-0.2, -0.15) is 0 Å². The zero-order valence-electron chi connectivity index (χ0n) is 6.13. The molecule has 0 aliphatic carbocycles. The van der Waals surface area contributed by atoms with Crippen LogP contribution in [0.3, 0.4) is 0 Å². The quantitative estimate of drug-likeness (QED) is 0.500. The largest absolute Gasteiger partial charge is 0.300 e. The zero-order chi connectivity index (χ0) is 8.08. The molecule has 0 aromatic heterocycles. The van der Waals surface area contributed by atoms with Gasteiger partial charge in [-0.05, 0) is 13.8 Å². The van der Waals surface area contributed by atoms with Crippen molar-refractivity contribution in [2.24, 2.45) is 0 Å². The third-order valence-electron chi connectivity index (χ3n) is 0. The molecule has 0 saturated carbocycles. The van der Waals surface area contributed by atoms with E-state index >= 15 is 0 Å². The van der Waals surface area contributed by atoms with Crippen molar-refractivity contribution in [3.8, 4) is 0 Å². The molecule has 0 saturated heterocycles. The minimum atomic E-state index is -2.67. The van der Waals surface area contributed by atoms with Crippen LogP contribution >= 0.6 is 0 Å². The van der Waals surface area contributed by atoms with Crippen molar-refractivity contribution in [2.75, 3.05) is 12.5 Å².